The number of alkyl carbamates (subject to hydrolysis) is 1. The Bertz CT molecular complexity index is 334. The molecule has 1 N–H and O–H groups in total. The summed E-state index contributed by atoms with van der Waals surface area (Å²) in [5.41, 5.74) is -0.490. The van der Waals surface area contributed by atoms with Crippen molar-refractivity contribution in [1.29, 1.82) is 0 Å². The van der Waals surface area contributed by atoms with Crippen LogP contribution in [0.2, 0.25) is 0 Å². The fourth-order valence-electron chi connectivity index (χ4n) is 2.06. The first kappa shape index (κ1) is 15.8. The molecule has 0 aliphatic carbocycles. The maximum atomic E-state index is 11.9. The quantitative estimate of drug-likeness (QED) is 0.855. The molecule has 0 saturated carbocycles. The third-order valence-corrected chi connectivity index (χ3v) is 2.84. The number of carbonyl (C=O) groups excluding carboxylic acids is 2. The number of hydrogen-bond acceptors (Lipinski definition) is 3. The average Bonchev–Trinajstić information content (AvgIpc) is 2.61. The highest BCUT2D eigenvalue weighted by molar-refractivity contribution is 5.77. The minimum atomic E-state index is -0.490. The van der Waals surface area contributed by atoms with Crippen molar-refractivity contribution >= 4 is 12.0 Å². The van der Waals surface area contributed by atoms with Gasteiger partial charge < -0.3 is 15.0 Å². The van der Waals surface area contributed by atoms with Gasteiger partial charge in [-0.15, -0.1) is 0 Å². The second-order valence-electron chi connectivity index (χ2n) is 6.57. The van der Waals surface area contributed by atoms with Crippen molar-refractivity contribution in [3.63, 3.8) is 0 Å². The first-order valence-corrected chi connectivity index (χ1v) is 6.94. The predicted octanol–water partition coefficient (Wildman–Crippen LogP) is 2.16. The molecule has 0 radical (unpaired) electrons. The van der Waals surface area contributed by atoms with E-state index in [1.807, 2.05) is 39.5 Å². The summed E-state index contributed by atoms with van der Waals surface area (Å²) >= 11 is 0. The third kappa shape index (κ3) is 5.94. The Morgan fingerprint density at radius 1 is 1.37 bits per heavy atom. The van der Waals surface area contributed by atoms with Crippen molar-refractivity contribution in [1.82, 2.24) is 10.2 Å². The van der Waals surface area contributed by atoms with E-state index in [1.165, 1.54) is 0 Å². The smallest absolute Gasteiger partial charge is 0.407 e. The molecule has 0 aromatic rings. The lowest BCUT2D eigenvalue weighted by molar-refractivity contribution is -0.130. The molecule has 1 atom stereocenters. The van der Waals surface area contributed by atoms with E-state index in [0.29, 0.717) is 25.4 Å². The molecule has 1 aliphatic heterocycles. The van der Waals surface area contributed by atoms with Crippen molar-refractivity contribution in [3.05, 3.63) is 0 Å². The molecule has 1 heterocycles. The minimum Gasteiger partial charge on any atom is -0.444 e. The molecule has 1 fully saturated rings. The van der Waals surface area contributed by atoms with Gasteiger partial charge in [-0.1, -0.05) is 13.8 Å². The van der Waals surface area contributed by atoms with E-state index >= 15 is 0 Å². The number of nitrogens with zero attached hydrogens (tertiary/aromatic N) is 1. The molecule has 0 aromatic heterocycles. The summed E-state index contributed by atoms with van der Waals surface area (Å²) < 4.78 is 5.21. The average molecular weight is 270 g/mol. The molecule has 0 aromatic carbocycles. The molecule has 0 spiro atoms. The van der Waals surface area contributed by atoms with Crippen LogP contribution < -0.4 is 5.32 Å². The Morgan fingerprint density at radius 3 is 2.53 bits per heavy atom. The van der Waals surface area contributed by atoms with E-state index in [1.54, 1.807) is 0 Å². The van der Waals surface area contributed by atoms with Crippen LogP contribution in [0.4, 0.5) is 4.79 Å². The van der Waals surface area contributed by atoms with Gasteiger partial charge in [0, 0.05) is 19.5 Å². The van der Waals surface area contributed by atoms with Gasteiger partial charge in [0.25, 0.3) is 0 Å². The number of amides is 2. The van der Waals surface area contributed by atoms with Crippen molar-refractivity contribution in [2.24, 2.45) is 5.92 Å². The van der Waals surface area contributed by atoms with E-state index in [4.69, 9.17) is 4.74 Å². The Kier molecular flexibility index (Phi) is 5.20. The van der Waals surface area contributed by atoms with Crippen LogP contribution in [0.3, 0.4) is 0 Å². The van der Waals surface area contributed by atoms with Crippen LogP contribution in [0.15, 0.2) is 0 Å². The standard InChI is InChI=1S/C14H26N2O3/c1-10(2)8-12(17)16-7-6-11(9-16)15-13(18)19-14(3,4)5/h10-11H,6-9H2,1-5H3,(H,15,18)/t11-/m1/s1. The molecule has 0 unspecified atom stereocenters. The van der Waals surface area contributed by atoms with Gasteiger partial charge in [0.2, 0.25) is 5.91 Å². The Morgan fingerprint density at radius 2 is 2.00 bits per heavy atom. The van der Waals surface area contributed by atoms with Crippen molar-refractivity contribution in [2.45, 2.75) is 59.1 Å². The van der Waals surface area contributed by atoms with Crippen LogP contribution >= 0.6 is 0 Å². The highest BCUT2D eigenvalue weighted by Crippen LogP contribution is 2.14. The Labute approximate surface area is 115 Å². The van der Waals surface area contributed by atoms with E-state index in [-0.39, 0.29) is 11.9 Å². The summed E-state index contributed by atoms with van der Waals surface area (Å²) in [4.78, 5) is 25.4. The lowest BCUT2D eigenvalue weighted by Crippen LogP contribution is -2.41. The molecular formula is C14H26N2O3. The lowest BCUT2D eigenvalue weighted by Gasteiger charge is -2.22. The molecule has 19 heavy (non-hydrogen) atoms. The van der Waals surface area contributed by atoms with E-state index in [9.17, 15) is 9.59 Å². The maximum absolute atomic E-state index is 11.9. The van der Waals surface area contributed by atoms with Crippen molar-refractivity contribution < 1.29 is 14.3 Å². The van der Waals surface area contributed by atoms with Crippen LogP contribution in [0, 0.1) is 5.92 Å². The van der Waals surface area contributed by atoms with Crippen molar-refractivity contribution in [3.8, 4) is 0 Å². The third-order valence-electron chi connectivity index (χ3n) is 2.84. The first-order valence-electron chi connectivity index (χ1n) is 6.94. The van der Waals surface area contributed by atoms with Crippen LogP contribution in [0.25, 0.3) is 0 Å². The van der Waals surface area contributed by atoms with Crippen molar-refractivity contribution in [2.75, 3.05) is 13.1 Å². The van der Waals surface area contributed by atoms with E-state index in [2.05, 4.69) is 5.32 Å². The van der Waals surface area contributed by atoms with Crippen LogP contribution in [0.1, 0.15) is 47.5 Å². The summed E-state index contributed by atoms with van der Waals surface area (Å²) in [6.45, 7) is 10.9. The van der Waals surface area contributed by atoms with Crippen LogP contribution in [-0.2, 0) is 9.53 Å². The molecule has 5 heteroatoms. The lowest BCUT2D eigenvalue weighted by atomic mass is 10.1. The second kappa shape index (κ2) is 6.26. The molecule has 1 saturated heterocycles. The summed E-state index contributed by atoms with van der Waals surface area (Å²) in [6.07, 6.45) is 0.957. The minimum absolute atomic E-state index is 0.00552. The van der Waals surface area contributed by atoms with Gasteiger partial charge in [0.1, 0.15) is 5.60 Å². The molecule has 0 bridgehead atoms. The van der Waals surface area contributed by atoms with Gasteiger partial charge in [0.15, 0.2) is 0 Å². The molecule has 110 valence electrons. The SMILES string of the molecule is CC(C)CC(=O)N1CC[C@@H](NC(=O)OC(C)(C)C)C1. The zero-order valence-electron chi connectivity index (χ0n) is 12.7. The molecule has 1 rings (SSSR count). The first-order chi connectivity index (χ1) is 8.67. The van der Waals surface area contributed by atoms with E-state index < -0.39 is 11.7 Å². The fraction of sp³-hybridized carbons (Fsp3) is 0.857. The highest BCUT2D eigenvalue weighted by Gasteiger charge is 2.28. The van der Waals surface area contributed by atoms with E-state index in [0.717, 1.165) is 6.42 Å². The Hall–Kier alpha value is -1.26. The van der Waals surface area contributed by atoms with Gasteiger partial charge in [-0.05, 0) is 33.1 Å². The fourth-order valence-corrected chi connectivity index (χ4v) is 2.06. The number of nitrogens with one attached hydrogen (secondary N) is 1. The highest BCUT2D eigenvalue weighted by atomic mass is 16.6. The summed E-state index contributed by atoms with van der Waals surface area (Å²) in [5, 5.41) is 2.82. The van der Waals surface area contributed by atoms with Gasteiger partial charge in [0.05, 0.1) is 6.04 Å². The number of hydrogen-bond donors (Lipinski definition) is 1. The summed E-state index contributed by atoms with van der Waals surface area (Å²) in [7, 11) is 0. The number of ether oxygens (including phenoxy) is 1. The van der Waals surface area contributed by atoms with Gasteiger partial charge >= 0.3 is 6.09 Å². The molecular weight excluding hydrogens is 244 g/mol. The number of carbonyl (C=O) groups is 2. The summed E-state index contributed by atoms with van der Waals surface area (Å²) in [6, 6.07) is 0.00552. The van der Waals surface area contributed by atoms with Gasteiger partial charge in [-0.2, -0.15) is 0 Å². The normalized spacial score (nSPS) is 19.7. The maximum Gasteiger partial charge on any atom is 0.407 e. The predicted molar refractivity (Wildman–Crippen MR) is 73.8 cm³/mol. The topological polar surface area (TPSA) is 58.6 Å². The van der Waals surface area contributed by atoms with Crippen LogP contribution in [-0.4, -0.2) is 41.6 Å². The largest absolute Gasteiger partial charge is 0.444 e. The van der Waals surface area contributed by atoms with Gasteiger partial charge in [-0.3, -0.25) is 4.79 Å². The monoisotopic (exact) mass is 270 g/mol. The number of rotatable bonds is 3. The van der Waals surface area contributed by atoms with Gasteiger partial charge in [-0.25, -0.2) is 4.79 Å². The number of likely N-dealkylation sites (tertiary alicyclic amines) is 1. The molecule has 5 nitrogen and oxygen atoms in total. The molecule has 1 aliphatic rings. The van der Waals surface area contributed by atoms with Crippen LogP contribution in [0.5, 0.6) is 0 Å². The Balaban J connectivity index is 2.36. The summed E-state index contributed by atoms with van der Waals surface area (Å²) in [5.74, 6) is 0.536. The second-order valence-corrected chi connectivity index (χ2v) is 6.57. The molecule has 2 amide bonds. The zero-order valence-corrected chi connectivity index (χ0v) is 12.7. The zero-order chi connectivity index (χ0) is 14.6.